The molecule has 140 valence electrons. The molecule has 3 rings (SSSR count). The zero-order valence-electron chi connectivity index (χ0n) is 16.2. The predicted molar refractivity (Wildman–Crippen MR) is 110 cm³/mol. The molecule has 0 spiro atoms. The summed E-state index contributed by atoms with van der Waals surface area (Å²) in [5.74, 6) is -0.123. The Morgan fingerprint density at radius 3 is 2.63 bits per heavy atom. The molecule has 0 fully saturated rings. The second-order valence-corrected chi connectivity index (χ2v) is 7.09. The van der Waals surface area contributed by atoms with Crippen molar-refractivity contribution < 1.29 is 4.79 Å². The number of carbonyl (C=O) groups is 1. The van der Waals surface area contributed by atoms with Crippen molar-refractivity contribution in [2.45, 2.75) is 46.6 Å². The quantitative estimate of drug-likeness (QED) is 0.726. The van der Waals surface area contributed by atoms with Crippen LogP contribution in [0.4, 0.5) is 5.69 Å². The van der Waals surface area contributed by atoms with E-state index >= 15 is 0 Å². The topological polar surface area (TPSA) is 64.0 Å². The molecule has 3 aromatic rings. The summed E-state index contributed by atoms with van der Waals surface area (Å²) in [6.07, 6.45) is 2.51. The summed E-state index contributed by atoms with van der Waals surface area (Å²) >= 11 is 0. The van der Waals surface area contributed by atoms with Crippen LogP contribution in [0, 0.1) is 6.92 Å². The molecule has 0 aliphatic heterocycles. The number of hydrogen-bond donors (Lipinski definition) is 1. The first-order valence-corrected chi connectivity index (χ1v) is 9.33. The lowest BCUT2D eigenvalue weighted by Gasteiger charge is -2.15. The van der Waals surface area contributed by atoms with Crippen molar-refractivity contribution in [3.05, 3.63) is 69.6 Å². The van der Waals surface area contributed by atoms with Crippen LogP contribution in [0.3, 0.4) is 0 Å². The third-order valence-electron chi connectivity index (χ3n) is 4.60. The highest BCUT2D eigenvalue weighted by molar-refractivity contribution is 6.06. The van der Waals surface area contributed by atoms with Gasteiger partial charge in [0.1, 0.15) is 11.2 Å². The molecule has 1 N–H and O–H groups in total. The van der Waals surface area contributed by atoms with E-state index in [1.807, 2.05) is 35.8 Å². The SMILES string of the molecule is CCCn1cc(C(=O)Nc2ccccc2C(C)C)c(=O)c2ccc(C)nc21. The van der Waals surface area contributed by atoms with Crippen molar-refractivity contribution in [2.75, 3.05) is 5.32 Å². The molecule has 27 heavy (non-hydrogen) atoms. The van der Waals surface area contributed by atoms with Gasteiger partial charge in [-0.3, -0.25) is 9.59 Å². The van der Waals surface area contributed by atoms with Crippen molar-refractivity contribution in [3.63, 3.8) is 0 Å². The number of para-hydroxylation sites is 1. The smallest absolute Gasteiger partial charge is 0.261 e. The van der Waals surface area contributed by atoms with Crippen LogP contribution in [0.1, 0.15) is 54.7 Å². The third-order valence-corrected chi connectivity index (χ3v) is 4.60. The summed E-state index contributed by atoms with van der Waals surface area (Å²) in [4.78, 5) is 30.4. The molecule has 1 amide bonds. The van der Waals surface area contributed by atoms with Gasteiger partial charge in [0.15, 0.2) is 0 Å². The minimum atomic E-state index is -0.388. The number of hydrogen-bond acceptors (Lipinski definition) is 3. The fraction of sp³-hybridized carbons (Fsp3) is 0.318. The maximum absolute atomic E-state index is 12.9. The van der Waals surface area contributed by atoms with Gasteiger partial charge in [0.05, 0.1) is 5.39 Å². The van der Waals surface area contributed by atoms with E-state index in [1.165, 1.54) is 0 Å². The zero-order chi connectivity index (χ0) is 19.6. The monoisotopic (exact) mass is 363 g/mol. The lowest BCUT2D eigenvalue weighted by molar-refractivity contribution is 0.102. The number of nitrogens with one attached hydrogen (secondary N) is 1. The predicted octanol–water partition coefficient (Wildman–Crippen LogP) is 4.49. The van der Waals surface area contributed by atoms with Gasteiger partial charge in [-0.05, 0) is 43.0 Å². The van der Waals surface area contributed by atoms with Gasteiger partial charge in [-0.2, -0.15) is 0 Å². The molecule has 0 bridgehead atoms. The normalized spacial score (nSPS) is 11.1. The Morgan fingerprint density at radius 2 is 1.93 bits per heavy atom. The van der Waals surface area contributed by atoms with E-state index in [0.717, 1.165) is 23.4 Å². The molecular formula is C22H25N3O2. The van der Waals surface area contributed by atoms with Crippen molar-refractivity contribution in [1.29, 1.82) is 0 Å². The minimum absolute atomic E-state index is 0.139. The Kier molecular flexibility index (Phi) is 5.40. The lowest BCUT2D eigenvalue weighted by Crippen LogP contribution is -2.25. The number of rotatable bonds is 5. The summed E-state index contributed by atoms with van der Waals surface area (Å²) in [5.41, 5.74) is 3.10. The summed E-state index contributed by atoms with van der Waals surface area (Å²) in [6.45, 7) is 8.78. The first-order valence-electron chi connectivity index (χ1n) is 9.33. The maximum atomic E-state index is 12.9. The molecule has 0 aliphatic rings. The summed E-state index contributed by atoms with van der Waals surface area (Å²) in [5, 5.41) is 3.39. The number of pyridine rings is 2. The molecule has 2 heterocycles. The van der Waals surface area contributed by atoms with Gasteiger partial charge in [-0.1, -0.05) is 39.0 Å². The second kappa shape index (κ2) is 7.74. The van der Waals surface area contributed by atoms with Crippen LogP contribution in [-0.2, 0) is 6.54 Å². The second-order valence-electron chi connectivity index (χ2n) is 7.09. The van der Waals surface area contributed by atoms with Gasteiger partial charge in [-0.15, -0.1) is 0 Å². The van der Waals surface area contributed by atoms with Crippen LogP contribution in [0.25, 0.3) is 11.0 Å². The van der Waals surface area contributed by atoms with Gasteiger partial charge in [0.25, 0.3) is 5.91 Å². The molecular weight excluding hydrogens is 338 g/mol. The van der Waals surface area contributed by atoms with Gasteiger partial charge in [0, 0.05) is 24.1 Å². The first kappa shape index (κ1) is 18.8. The van der Waals surface area contributed by atoms with Gasteiger partial charge in [-0.25, -0.2) is 4.98 Å². The Hall–Kier alpha value is -2.95. The molecule has 0 unspecified atom stereocenters. The lowest BCUT2D eigenvalue weighted by atomic mass is 10.0. The first-order chi connectivity index (χ1) is 12.9. The number of aromatic nitrogens is 2. The number of anilines is 1. The molecule has 1 aromatic carbocycles. The maximum Gasteiger partial charge on any atom is 0.261 e. The zero-order valence-corrected chi connectivity index (χ0v) is 16.2. The minimum Gasteiger partial charge on any atom is -0.331 e. The highest BCUT2D eigenvalue weighted by Gasteiger charge is 2.18. The molecule has 5 nitrogen and oxygen atoms in total. The van der Waals surface area contributed by atoms with E-state index in [-0.39, 0.29) is 22.8 Å². The molecule has 0 radical (unpaired) electrons. The van der Waals surface area contributed by atoms with Crippen LogP contribution in [0.2, 0.25) is 0 Å². The Labute approximate surface area is 159 Å². The fourth-order valence-corrected chi connectivity index (χ4v) is 3.24. The number of nitrogens with zero attached hydrogens (tertiary/aromatic N) is 2. The molecule has 5 heteroatoms. The molecule has 0 atom stereocenters. The van der Waals surface area contributed by atoms with E-state index < -0.39 is 0 Å². The Bertz CT molecular complexity index is 1050. The number of aryl methyl sites for hydroxylation is 2. The van der Waals surface area contributed by atoms with Crippen LogP contribution in [-0.4, -0.2) is 15.5 Å². The van der Waals surface area contributed by atoms with Crippen molar-refractivity contribution in [3.8, 4) is 0 Å². The molecule has 0 saturated carbocycles. The van der Waals surface area contributed by atoms with Gasteiger partial charge >= 0.3 is 0 Å². The third kappa shape index (κ3) is 3.77. The fourth-order valence-electron chi connectivity index (χ4n) is 3.24. The van der Waals surface area contributed by atoms with Gasteiger partial charge in [0.2, 0.25) is 5.43 Å². The van der Waals surface area contributed by atoms with E-state index in [0.29, 0.717) is 17.6 Å². The summed E-state index contributed by atoms with van der Waals surface area (Å²) < 4.78 is 1.90. The average molecular weight is 363 g/mol. The average Bonchev–Trinajstić information content (AvgIpc) is 2.64. The number of amides is 1. The molecule has 0 saturated heterocycles. The number of carbonyl (C=O) groups excluding carboxylic acids is 1. The van der Waals surface area contributed by atoms with Crippen LogP contribution in [0.5, 0.6) is 0 Å². The van der Waals surface area contributed by atoms with Crippen molar-refractivity contribution >= 4 is 22.6 Å². The van der Waals surface area contributed by atoms with E-state index in [2.05, 4.69) is 31.1 Å². The van der Waals surface area contributed by atoms with Gasteiger partial charge < -0.3 is 9.88 Å². The largest absolute Gasteiger partial charge is 0.331 e. The van der Waals surface area contributed by atoms with E-state index in [1.54, 1.807) is 18.3 Å². The molecule has 0 aliphatic carbocycles. The van der Waals surface area contributed by atoms with E-state index in [9.17, 15) is 9.59 Å². The van der Waals surface area contributed by atoms with Crippen LogP contribution >= 0.6 is 0 Å². The van der Waals surface area contributed by atoms with E-state index in [4.69, 9.17) is 0 Å². The van der Waals surface area contributed by atoms with Crippen LogP contribution < -0.4 is 10.7 Å². The Balaban J connectivity index is 2.09. The highest BCUT2D eigenvalue weighted by Crippen LogP contribution is 2.24. The number of fused-ring (bicyclic) bond motifs is 1. The van der Waals surface area contributed by atoms with Crippen molar-refractivity contribution in [2.24, 2.45) is 0 Å². The summed E-state index contributed by atoms with van der Waals surface area (Å²) in [6, 6.07) is 11.2. The molecule has 2 aromatic heterocycles. The summed E-state index contributed by atoms with van der Waals surface area (Å²) in [7, 11) is 0. The highest BCUT2D eigenvalue weighted by atomic mass is 16.2. The number of benzene rings is 1. The standard InChI is InChI=1S/C22H25N3O2/c1-5-12-25-13-18(20(26)17-11-10-15(4)23-21(17)25)22(27)24-19-9-7-6-8-16(19)14(2)3/h6-11,13-14H,5,12H2,1-4H3,(H,24,27). The Morgan fingerprint density at radius 1 is 1.19 bits per heavy atom. The van der Waals surface area contributed by atoms with Crippen molar-refractivity contribution in [1.82, 2.24) is 9.55 Å². The van der Waals surface area contributed by atoms with Crippen LogP contribution in [0.15, 0.2) is 47.4 Å².